The Kier molecular flexibility index (Phi) is 4.82. The Hall–Kier alpha value is -2.48. The van der Waals surface area contributed by atoms with Crippen molar-refractivity contribution < 1.29 is 4.79 Å². The van der Waals surface area contributed by atoms with Gasteiger partial charge in [-0.1, -0.05) is 6.92 Å². The molecular formula is C20H25N5O2S. The molecule has 3 aromatic heterocycles. The quantitative estimate of drug-likeness (QED) is 0.679. The van der Waals surface area contributed by atoms with Gasteiger partial charge in [0.25, 0.3) is 11.5 Å². The lowest BCUT2D eigenvalue weighted by atomic mass is 10.0. The van der Waals surface area contributed by atoms with Crippen molar-refractivity contribution in [2.24, 2.45) is 7.05 Å². The molecule has 0 aromatic carbocycles. The lowest BCUT2D eigenvalue weighted by Gasteiger charge is -2.33. The number of nitrogens with zero attached hydrogens (tertiary/aromatic N) is 5. The zero-order valence-electron chi connectivity index (χ0n) is 16.7. The second-order valence-corrected chi connectivity index (χ2v) is 8.68. The number of rotatable bonds is 3. The molecule has 148 valence electrons. The summed E-state index contributed by atoms with van der Waals surface area (Å²) in [4.78, 5) is 34.6. The van der Waals surface area contributed by atoms with Gasteiger partial charge in [-0.05, 0) is 38.7 Å². The molecule has 0 N–H and O–H groups in total. The van der Waals surface area contributed by atoms with Crippen LogP contribution < -0.4 is 5.56 Å². The smallest absolute Gasteiger partial charge is 0.262 e. The summed E-state index contributed by atoms with van der Waals surface area (Å²) in [7, 11) is 1.82. The summed E-state index contributed by atoms with van der Waals surface area (Å²) in [5, 5.41) is 5.03. The Bertz CT molecular complexity index is 1110. The largest absolute Gasteiger partial charge is 0.336 e. The highest BCUT2D eigenvalue weighted by Crippen LogP contribution is 2.28. The van der Waals surface area contributed by atoms with Gasteiger partial charge in [0.05, 0.1) is 29.0 Å². The normalized spacial score (nSPS) is 17.4. The number of hydrogen-bond acceptors (Lipinski definition) is 5. The van der Waals surface area contributed by atoms with E-state index < -0.39 is 0 Å². The SMILES string of the molecule is CCc1c(C)sc2ncn(C3CCCN(C(=O)c4cn(C)nc4C)C3)c(=O)c12. The molecule has 1 amide bonds. The van der Waals surface area contributed by atoms with E-state index in [0.717, 1.165) is 45.6 Å². The minimum Gasteiger partial charge on any atom is -0.336 e. The first-order valence-corrected chi connectivity index (χ1v) is 10.5. The molecule has 1 saturated heterocycles. The third-order valence-corrected chi connectivity index (χ3v) is 6.67. The van der Waals surface area contributed by atoms with Crippen molar-refractivity contribution in [3.63, 3.8) is 0 Å². The predicted octanol–water partition coefficient (Wildman–Crippen LogP) is 2.85. The number of aromatic nitrogens is 4. The molecule has 28 heavy (non-hydrogen) atoms. The Labute approximate surface area is 167 Å². The van der Waals surface area contributed by atoms with Crippen LogP contribution in [0.25, 0.3) is 10.2 Å². The van der Waals surface area contributed by atoms with Crippen molar-refractivity contribution in [2.75, 3.05) is 13.1 Å². The predicted molar refractivity (Wildman–Crippen MR) is 110 cm³/mol. The molecule has 8 heteroatoms. The van der Waals surface area contributed by atoms with Crippen LogP contribution in [0.5, 0.6) is 0 Å². The molecule has 0 aliphatic carbocycles. The summed E-state index contributed by atoms with van der Waals surface area (Å²) < 4.78 is 3.40. The highest BCUT2D eigenvalue weighted by Gasteiger charge is 2.28. The number of aryl methyl sites for hydroxylation is 4. The standard InChI is InChI=1S/C20H25N5O2S/c1-5-15-13(3)28-18-17(15)20(27)25(11-21-18)14-7-6-8-24(9-14)19(26)16-10-23(4)22-12(16)2/h10-11,14H,5-9H2,1-4H3. The molecule has 1 fully saturated rings. The van der Waals surface area contributed by atoms with Crippen molar-refractivity contribution in [1.29, 1.82) is 0 Å². The van der Waals surface area contributed by atoms with Gasteiger partial charge in [-0.15, -0.1) is 11.3 Å². The molecule has 0 bridgehead atoms. The number of piperidine rings is 1. The molecule has 1 unspecified atom stereocenters. The number of carbonyl (C=O) groups is 1. The van der Waals surface area contributed by atoms with Gasteiger partial charge >= 0.3 is 0 Å². The van der Waals surface area contributed by atoms with E-state index in [0.29, 0.717) is 18.7 Å². The third kappa shape index (κ3) is 3.05. The maximum Gasteiger partial charge on any atom is 0.262 e. The van der Waals surface area contributed by atoms with E-state index in [1.165, 1.54) is 0 Å². The second kappa shape index (κ2) is 7.16. The van der Waals surface area contributed by atoms with E-state index in [1.54, 1.807) is 33.1 Å². The maximum absolute atomic E-state index is 13.2. The van der Waals surface area contributed by atoms with Gasteiger partial charge in [-0.3, -0.25) is 18.8 Å². The molecule has 4 heterocycles. The van der Waals surface area contributed by atoms with Crippen molar-refractivity contribution in [3.8, 4) is 0 Å². The molecule has 7 nitrogen and oxygen atoms in total. The first kappa shape index (κ1) is 18.9. The lowest BCUT2D eigenvalue weighted by molar-refractivity contribution is 0.0676. The Morgan fingerprint density at radius 3 is 2.82 bits per heavy atom. The molecule has 1 aliphatic heterocycles. The number of thiophene rings is 1. The van der Waals surface area contributed by atoms with Gasteiger partial charge in [-0.25, -0.2) is 4.98 Å². The van der Waals surface area contributed by atoms with Gasteiger partial charge < -0.3 is 4.90 Å². The second-order valence-electron chi connectivity index (χ2n) is 7.48. The van der Waals surface area contributed by atoms with Crippen molar-refractivity contribution in [2.45, 2.75) is 46.1 Å². The van der Waals surface area contributed by atoms with Crippen LogP contribution in [0, 0.1) is 13.8 Å². The van der Waals surface area contributed by atoms with E-state index in [9.17, 15) is 9.59 Å². The zero-order chi connectivity index (χ0) is 20.0. The van der Waals surface area contributed by atoms with Gasteiger partial charge in [-0.2, -0.15) is 5.10 Å². The Morgan fingerprint density at radius 2 is 2.14 bits per heavy atom. The van der Waals surface area contributed by atoms with Crippen molar-refractivity contribution in [1.82, 2.24) is 24.2 Å². The first-order valence-electron chi connectivity index (χ1n) is 9.69. The maximum atomic E-state index is 13.2. The van der Waals surface area contributed by atoms with Crippen LogP contribution in [0.2, 0.25) is 0 Å². The highest BCUT2D eigenvalue weighted by molar-refractivity contribution is 7.18. The number of likely N-dealkylation sites (tertiary alicyclic amines) is 1. The molecule has 0 radical (unpaired) electrons. The minimum atomic E-state index is -0.0519. The summed E-state index contributed by atoms with van der Waals surface area (Å²) in [6, 6.07) is -0.0519. The number of hydrogen-bond donors (Lipinski definition) is 0. The van der Waals surface area contributed by atoms with Crippen LogP contribution in [0.1, 0.15) is 52.3 Å². The van der Waals surface area contributed by atoms with E-state index >= 15 is 0 Å². The topological polar surface area (TPSA) is 73.0 Å². The van der Waals surface area contributed by atoms with Crippen LogP contribution in [0.3, 0.4) is 0 Å². The molecular weight excluding hydrogens is 374 g/mol. The summed E-state index contributed by atoms with van der Waals surface area (Å²) in [5.74, 6) is -0.0157. The molecule has 1 atom stereocenters. The van der Waals surface area contributed by atoms with Crippen LogP contribution >= 0.6 is 11.3 Å². The highest BCUT2D eigenvalue weighted by atomic mass is 32.1. The number of fused-ring (bicyclic) bond motifs is 1. The molecule has 1 aliphatic rings. The molecule has 3 aromatic rings. The monoisotopic (exact) mass is 399 g/mol. The first-order chi connectivity index (χ1) is 13.4. The fraction of sp³-hybridized carbons (Fsp3) is 0.500. The van der Waals surface area contributed by atoms with Crippen LogP contribution in [0.4, 0.5) is 0 Å². The van der Waals surface area contributed by atoms with E-state index in [1.807, 2.05) is 25.8 Å². The van der Waals surface area contributed by atoms with Gasteiger partial charge in [0, 0.05) is 31.2 Å². The summed E-state index contributed by atoms with van der Waals surface area (Å²) in [6.07, 6.45) is 5.98. The van der Waals surface area contributed by atoms with E-state index in [2.05, 4.69) is 17.0 Å². The van der Waals surface area contributed by atoms with Crippen molar-refractivity contribution >= 4 is 27.5 Å². The Balaban J connectivity index is 1.66. The molecule has 0 saturated carbocycles. The van der Waals surface area contributed by atoms with Crippen LogP contribution in [-0.2, 0) is 13.5 Å². The number of amides is 1. The van der Waals surface area contributed by atoms with E-state index in [-0.39, 0.29) is 17.5 Å². The third-order valence-electron chi connectivity index (χ3n) is 5.61. The van der Waals surface area contributed by atoms with Crippen LogP contribution in [0.15, 0.2) is 17.3 Å². The fourth-order valence-electron chi connectivity index (χ4n) is 4.20. The molecule has 0 spiro atoms. The summed E-state index contributed by atoms with van der Waals surface area (Å²) in [5.41, 5.74) is 2.48. The Morgan fingerprint density at radius 1 is 1.36 bits per heavy atom. The average Bonchev–Trinajstić information content (AvgIpc) is 3.19. The van der Waals surface area contributed by atoms with Gasteiger partial charge in [0.1, 0.15) is 4.83 Å². The number of carbonyl (C=O) groups excluding carboxylic acids is 1. The van der Waals surface area contributed by atoms with E-state index in [4.69, 9.17) is 0 Å². The van der Waals surface area contributed by atoms with Gasteiger partial charge in [0.2, 0.25) is 0 Å². The fourth-order valence-corrected chi connectivity index (χ4v) is 5.27. The lowest BCUT2D eigenvalue weighted by Crippen LogP contribution is -2.43. The van der Waals surface area contributed by atoms with Gasteiger partial charge in [0.15, 0.2) is 0 Å². The van der Waals surface area contributed by atoms with Crippen molar-refractivity contribution in [3.05, 3.63) is 44.6 Å². The minimum absolute atomic E-state index is 0.0157. The average molecular weight is 400 g/mol. The zero-order valence-corrected chi connectivity index (χ0v) is 17.5. The molecule has 4 rings (SSSR count). The summed E-state index contributed by atoms with van der Waals surface area (Å²) >= 11 is 1.58. The van der Waals surface area contributed by atoms with Crippen LogP contribution in [-0.4, -0.2) is 43.2 Å². The summed E-state index contributed by atoms with van der Waals surface area (Å²) in [6.45, 7) is 7.19.